The lowest BCUT2D eigenvalue weighted by molar-refractivity contribution is -0.156. The van der Waals surface area contributed by atoms with Gasteiger partial charge in [-0.15, -0.1) is 0 Å². The number of nitrogens with zero attached hydrogens (tertiary/aromatic N) is 1. The molecule has 26 heavy (non-hydrogen) atoms. The van der Waals surface area contributed by atoms with Crippen molar-refractivity contribution in [3.05, 3.63) is 34.3 Å². The maximum absolute atomic E-state index is 13.2. The molecular formula is C20H26ClNO4. The van der Waals surface area contributed by atoms with Crippen LogP contribution in [0.1, 0.15) is 74.1 Å². The quantitative estimate of drug-likeness (QED) is 0.566. The molecule has 5 nitrogen and oxygen atoms in total. The number of hydrogen-bond donors (Lipinski definition) is 0. The van der Waals surface area contributed by atoms with Crippen LogP contribution in [0, 0.1) is 0 Å². The molecule has 0 N–H and O–H groups in total. The van der Waals surface area contributed by atoms with Crippen molar-refractivity contribution in [3.8, 4) is 0 Å². The summed E-state index contributed by atoms with van der Waals surface area (Å²) in [7, 11) is 0. The third-order valence-electron chi connectivity index (χ3n) is 4.34. The van der Waals surface area contributed by atoms with Crippen LogP contribution in [0.3, 0.4) is 0 Å². The average Bonchev–Trinajstić information content (AvgIpc) is 3.03. The first-order valence-electron chi connectivity index (χ1n) is 8.92. The minimum Gasteiger partial charge on any atom is -0.459 e. The van der Waals surface area contributed by atoms with Gasteiger partial charge in [0.15, 0.2) is 5.78 Å². The summed E-state index contributed by atoms with van der Waals surface area (Å²) < 4.78 is 5.39. The zero-order chi connectivity index (χ0) is 19.5. The standard InChI is InChI=1S/C20H26ClNO4/c1-13(23)18-15(10-7-11-16(18)21)19(25)22(14-8-5-6-9-14)12-17(24)26-20(2,3)4/h7,10-11,14H,5-6,8-9,12H2,1-4H3. The summed E-state index contributed by atoms with van der Waals surface area (Å²) >= 11 is 6.14. The number of benzene rings is 1. The highest BCUT2D eigenvalue weighted by Crippen LogP contribution is 2.28. The van der Waals surface area contributed by atoms with Crippen molar-refractivity contribution in [2.24, 2.45) is 0 Å². The number of carbonyl (C=O) groups is 3. The van der Waals surface area contributed by atoms with E-state index in [1.807, 2.05) is 0 Å². The van der Waals surface area contributed by atoms with Crippen molar-refractivity contribution >= 4 is 29.3 Å². The van der Waals surface area contributed by atoms with E-state index in [4.69, 9.17) is 16.3 Å². The lowest BCUT2D eigenvalue weighted by Gasteiger charge is -2.30. The van der Waals surface area contributed by atoms with Gasteiger partial charge >= 0.3 is 5.97 Å². The van der Waals surface area contributed by atoms with Gasteiger partial charge in [0, 0.05) is 11.6 Å². The molecule has 0 radical (unpaired) electrons. The summed E-state index contributed by atoms with van der Waals surface area (Å²) in [5.41, 5.74) is -0.186. The van der Waals surface area contributed by atoms with E-state index in [-0.39, 0.29) is 40.4 Å². The Kier molecular flexibility index (Phi) is 6.45. The molecule has 0 aromatic heterocycles. The van der Waals surface area contributed by atoms with Gasteiger partial charge < -0.3 is 9.64 Å². The molecule has 1 aliphatic rings. The minimum atomic E-state index is -0.623. The smallest absolute Gasteiger partial charge is 0.326 e. The molecule has 1 fully saturated rings. The number of Topliss-reactive ketones (excluding diaryl/α,β-unsaturated/α-hetero) is 1. The summed E-state index contributed by atoms with van der Waals surface area (Å²) in [4.78, 5) is 39.1. The van der Waals surface area contributed by atoms with Crippen molar-refractivity contribution < 1.29 is 19.1 Å². The molecule has 0 unspecified atom stereocenters. The fraction of sp³-hybridized carbons (Fsp3) is 0.550. The van der Waals surface area contributed by atoms with E-state index in [0.29, 0.717) is 0 Å². The molecule has 0 heterocycles. The van der Waals surface area contributed by atoms with Crippen molar-refractivity contribution in [1.29, 1.82) is 0 Å². The van der Waals surface area contributed by atoms with Gasteiger partial charge in [0.25, 0.3) is 5.91 Å². The third kappa shape index (κ3) is 5.07. The Balaban J connectivity index is 2.34. The third-order valence-corrected chi connectivity index (χ3v) is 4.66. The van der Waals surface area contributed by atoms with Crippen LogP contribution in [0.2, 0.25) is 5.02 Å². The molecule has 1 amide bonds. The molecule has 1 aliphatic carbocycles. The van der Waals surface area contributed by atoms with Gasteiger partial charge in [-0.1, -0.05) is 30.5 Å². The van der Waals surface area contributed by atoms with Crippen LogP contribution in [-0.4, -0.2) is 40.7 Å². The molecule has 0 atom stereocenters. The summed E-state index contributed by atoms with van der Waals surface area (Å²) in [6, 6.07) is 4.78. The van der Waals surface area contributed by atoms with Crippen LogP contribution in [0.25, 0.3) is 0 Å². The second kappa shape index (κ2) is 8.21. The van der Waals surface area contributed by atoms with Gasteiger partial charge in [0.1, 0.15) is 12.1 Å². The van der Waals surface area contributed by atoms with Crippen molar-refractivity contribution in [2.75, 3.05) is 6.54 Å². The Hall–Kier alpha value is -1.88. The maximum Gasteiger partial charge on any atom is 0.326 e. The number of ether oxygens (including phenoxy) is 1. The maximum atomic E-state index is 13.2. The van der Waals surface area contributed by atoms with E-state index >= 15 is 0 Å². The fourth-order valence-electron chi connectivity index (χ4n) is 3.31. The highest BCUT2D eigenvalue weighted by molar-refractivity contribution is 6.34. The topological polar surface area (TPSA) is 63.7 Å². The monoisotopic (exact) mass is 379 g/mol. The summed E-state index contributed by atoms with van der Waals surface area (Å²) in [5, 5.41) is 0.243. The first kappa shape index (κ1) is 20.4. The molecule has 1 saturated carbocycles. The SMILES string of the molecule is CC(=O)c1c(Cl)cccc1C(=O)N(CC(=O)OC(C)(C)C)C1CCCC1. The summed E-state index contributed by atoms with van der Waals surface area (Å²) in [5.74, 6) is -1.08. The lowest BCUT2D eigenvalue weighted by atomic mass is 10.0. The Morgan fingerprint density at radius 2 is 1.81 bits per heavy atom. The molecular weight excluding hydrogens is 354 g/mol. The number of hydrogen-bond acceptors (Lipinski definition) is 4. The molecule has 0 bridgehead atoms. The molecule has 2 rings (SSSR count). The average molecular weight is 380 g/mol. The van der Waals surface area contributed by atoms with Gasteiger partial charge in [-0.05, 0) is 52.7 Å². The first-order chi connectivity index (χ1) is 12.1. The highest BCUT2D eigenvalue weighted by atomic mass is 35.5. The Morgan fingerprint density at radius 1 is 1.19 bits per heavy atom. The molecule has 1 aromatic carbocycles. The largest absolute Gasteiger partial charge is 0.459 e. The van der Waals surface area contributed by atoms with Crippen LogP contribution in [-0.2, 0) is 9.53 Å². The number of esters is 1. The van der Waals surface area contributed by atoms with E-state index in [9.17, 15) is 14.4 Å². The second-order valence-electron chi connectivity index (χ2n) is 7.68. The van der Waals surface area contributed by atoms with E-state index in [2.05, 4.69) is 0 Å². The Morgan fingerprint density at radius 3 is 2.35 bits per heavy atom. The van der Waals surface area contributed by atoms with E-state index in [1.165, 1.54) is 6.92 Å². The predicted molar refractivity (Wildman–Crippen MR) is 101 cm³/mol. The molecule has 6 heteroatoms. The van der Waals surface area contributed by atoms with Gasteiger partial charge in [0.05, 0.1) is 10.6 Å². The molecule has 142 valence electrons. The second-order valence-corrected chi connectivity index (χ2v) is 8.08. The minimum absolute atomic E-state index is 0.0335. The molecule has 0 spiro atoms. The predicted octanol–water partition coefficient (Wildman–Crippen LogP) is 4.27. The highest BCUT2D eigenvalue weighted by Gasteiger charge is 2.32. The zero-order valence-electron chi connectivity index (χ0n) is 15.8. The van der Waals surface area contributed by atoms with Crippen LogP contribution >= 0.6 is 11.6 Å². The number of rotatable bonds is 5. The van der Waals surface area contributed by atoms with Crippen molar-refractivity contribution in [2.45, 2.75) is 65.0 Å². The number of carbonyl (C=O) groups excluding carboxylic acids is 3. The van der Waals surface area contributed by atoms with E-state index < -0.39 is 11.6 Å². The van der Waals surface area contributed by atoms with Crippen LogP contribution in [0.15, 0.2) is 18.2 Å². The normalized spacial score (nSPS) is 15.0. The van der Waals surface area contributed by atoms with Crippen molar-refractivity contribution in [3.63, 3.8) is 0 Å². The first-order valence-corrected chi connectivity index (χ1v) is 9.30. The molecule has 0 aliphatic heterocycles. The van der Waals surface area contributed by atoms with Crippen LogP contribution in [0.4, 0.5) is 0 Å². The number of ketones is 1. The van der Waals surface area contributed by atoms with E-state index in [1.54, 1.807) is 43.9 Å². The van der Waals surface area contributed by atoms with Gasteiger partial charge in [-0.25, -0.2) is 0 Å². The Bertz CT molecular complexity index is 702. The molecule has 1 aromatic rings. The summed E-state index contributed by atoms with van der Waals surface area (Å²) in [6.45, 7) is 6.61. The zero-order valence-corrected chi connectivity index (χ0v) is 16.6. The van der Waals surface area contributed by atoms with Gasteiger partial charge in [-0.2, -0.15) is 0 Å². The number of amides is 1. The van der Waals surface area contributed by atoms with Gasteiger partial charge in [0.2, 0.25) is 0 Å². The van der Waals surface area contributed by atoms with E-state index in [0.717, 1.165) is 25.7 Å². The van der Waals surface area contributed by atoms with Gasteiger partial charge in [-0.3, -0.25) is 14.4 Å². The van der Waals surface area contributed by atoms with Crippen LogP contribution in [0.5, 0.6) is 0 Å². The molecule has 0 saturated heterocycles. The number of halogens is 1. The summed E-state index contributed by atoms with van der Waals surface area (Å²) in [6.07, 6.45) is 3.70. The lowest BCUT2D eigenvalue weighted by Crippen LogP contribution is -2.44. The van der Waals surface area contributed by atoms with Crippen molar-refractivity contribution in [1.82, 2.24) is 4.90 Å². The Labute approximate surface area is 159 Å². The van der Waals surface area contributed by atoms with Crippen LogP contribution < -0.4 is 0 Å². The fourth-order valence-corrected chi connectivity index (χ4v) is 3.62.